The molecule has 0 fully saturated rings. The van der Waals surface area contributed by atoms with Crippen molar-refractivity contribution in [2.24, 2.45) is 0 Å². The smallest absolute Gasteiger partial charge is 0.189 e. The number of ether oxygens (including phenoxy) is 3. The van der Waals surface area contributed by atoms with Crippen LogP contribution in [0.1, 0.15) is 25.0 Å². The van der Waals surface area contributed by atoms with Gasteiger partial charge in [-0.25, -0.2) is 0 Å². The zero-order valence-electron chi connectivity index (χ0n) is 13.5. The monoisotopic (exact) mass is 471 g/mol. The summed E-state index contributed by atoms with van der Waals surface area (Å²) in [6.45, 7) is 8.10. The standard InChI is InChI=1S/C15H15NO3.C2H6.W/c1-10-6-13-14(7-11(10)2)19-15(9-18-13)12-8-17-5-4-16(12)3;1-2;/h4-9H,1-3H3;1-2H3;. The van der Waals surface area contributed by atoms with E-state index >= 15 is 0 Å². The largest absolute Gasteiger partial charge is 0.469 e. The van der Waals surface area contributed by atoms with Crippen molar-refractivity contribution in [3.63, 3.8) is 0 Å². The van der Waals surface area contributed by atoms with Gasteiger partial charge in [-0.15, -0.1) is 0 Å². The number of fused-ring (bicyclic) bond motifs is 1. The predicted octanol–water partition coefficient (Wildman–Crippen LogP) is 4.21. The van der Waals surface area contributed by atoms with Crippen molar-refractivity contribution in [2.45, 2.75) is 27.7 Å². The average Bonchev–Trinajstić information content (AvgIpc) is 2.51. The van der Waals surface area contributed by atoms with Crippen molar-refractivity contribution in [3.05, 3.63) is 59.7 Å². The van der Waals surface area contributed by atoms with E-state index in [1.807, 2.05) is 51.1 Å². The third-order valence-electron chi connectivity index (χ3n) is 3.25. The van der Waals surface area contributed by atoms with E-state index in [1.54, 1.807) is 18.8 Å². The Morgan fingerprint density at radius 2 is 1.59 bits per heavy atom. The number of rotatable bonds is 1. The van der Waals surface area contributed by atoms with Gasteiger partial charge in [0.25, 0.3) is 0 Å². The molecule has 0 bridgehead atoms. The molecule has 0 aromatic heterocycles. The maximum Gasteiger partial charge on any atom is 0.189 e. The summed E-state index contributed by atoms with van der Waals surface area (Å²) >= 11 is 0. The van der Waals surface area contributed by atoms with Gasteiger partial charge in [0.05, 0.1) is 0 Å². The summed E-state index contributed by atoms with van der Waals surface area (Å²) in [5.41, 5.74) is 3.16. The summed E-state index contributed by atoms with van der Waals surface area (Å²) in [5, 5.41) is 0. The van der Waals surface area contributed by atoms with E-state index < -0.39 is 0 Å². The molecule has 0 saturated carbocycles. The molecule has 0 saturated heterocycles. The van der Waals surface area contributed by atoms with Crippen LogP contribution in [0.3, 0.4) is 0 Å². The molecule has 22 heavy (non-hydrogen) atoms. The molecule has 0 spiro atoms. The fraction of sp³-hybridized carbons (Fsp3) is 0.294. The van der Waals surface area contributed by atoms with Gasteiger partial charge in [0.1, 0.15) is 24.5 Å². The minimum Gasteiger partial charge on any atom is -0.469 e. The Morgan fingerprint density at radius 1 is 0.955 bits per heavy atom. The first-order chi connectivity index (χ1) is 10.1. The van der Waals surface area contributed by atoms with E-state index in [2.05, 4.69) is 6.92 Å². The normalized spacial score (nSPS) is 14.7. The van der Waals surface area contributed by atoms with E-state index in [0.717, 1.165) is 17.2 Å². The van der Waals surface area contributed by atoms with E-state index in [9.17, 15) is 0 Å². The number of nitrogens with zero attached hydrogens (tertiary/aromatic N) is 1. The minimum absolute atomic E-state index is 0. The van der Waals surface area contributed by atoms with Crippen molar-refractivity contribution in [1.82, 2.24) is 4.90 Å². The molecule has 2 aliphatic heterocycles. The third-order valence-corrected chi connectivity index (χ3v) is 3.25. The van der Waals surface area contributed by atoms with Crippen LogP contribution in [0, 0.1) is 13.8 Å². The molecule has 1 aromatic rings. The van der Waals surface area contributed by atoms with Gasteiger partial charge in [0.15, 0.2) is 17.3 Å². The Kier molecular flexibility index (Phi) is 6.76. The van der Waals surface area contributed by atoms with Gasteiger partial charge >= 0.3 is 0 Å². The van der Waals surface area contributed by atoms with Gasteiger partial charge in [-0.2, -0.15) is 0 Å². The van der Waals surface area contributed by atoms with Gasteiger partial charge in [0, 0.05) is 34.3 Å². The van der Waals surface area contributed by atoms with Gasteiger partial charge in [-0.1, -0.05) is 13.8 Å². The summed E-state index contributed by atoms with van der Waals surface area (Å²) < 4.78 is 16.7. The van der Waals surface area contributed by atoms with Crippen LogP contribution >= 0.6 is 0 Å². The molecule has 0 N–H and O–H groups in total. The predicted molar refractivity (Wildman–Crippen MR) is 82.7 cm³/mol. The summed E-state index contributed by atoms with van der Waals surface area (Å²) in [6.07, 6.45) is 6.65. The number of aryl methyl sites for hydroxylation is 2. The Hall–Kier alpha value is -1.67. The Morgan fingerprint density at radius 3 is 2.23 bits per heavy atom. The molecule has 2 aliphatic rings. The second kappa shape index (κ2) is 8.09. The minimum atomic E-state index is 0. The second-order valence-corrected chi connectivity index (χ2v) is 4.62. The molecule has 0 aliphatic carbocycles. The molecule has 5 heteroatoms. The van der Waals surface area contributed by atoms with Crippen LogP contribution in [0.5, 0.6) is 11.5 Å². The number of hydrogen-bond donors (Lipinski definition) is 0. The van der Waals surface area contributed by atoms with Gasteiger partial charge in [-0.05, 0) is 37.1 Å². The molecule has 0 unspecified atom stereocenters. The van der Waals surface area contributed by atoms with Crippen molar-refractivity contribution in [1.29, 1.82) is 0 Å². The summed E-state index contributed by atoms with van der Waals surface area (Å²) in [5.74, 6) is 2.09. The van der Waals surface area contributed by atoms with Crippen molar-refractivity contribution >= 4 is 0 Å². The zero-order chi connectivity index (χ0) is 15.4. The number of benzene rings is 1. The first-order valence-electron chi connectivity index (χ1n) is 7.06. The van der Waals surface area contributed by atoms with Crippen molar-refractivity contribution in [3.8, 4) is 11.5 Å². The zero-order valence-corrected chi connectivity index (χ0v) is 16.5. The second-order valence-electron chi connectivity index (χ2n) is 4.62. The average molecular weight is 471 g/mol. The van der Waals surface area contributed by atoms with E-state index in [-0.39, 0.29) is 21.1 Å². The van der Waals surface area contributed by atoms with E-state index in [4.69, 9.17) is 14.2 Å². The van der Waals surface area contributed by atoms with Crippen LogP contribution < -0.4 is 9.47 Å². The van der Waals surface area contributed by atoms with Crippen LogP contribution in [0.4, 0.5) is 0 Å². The number of likely N-dealkylation sites (N-methyl/N-ethyl adjacent to an activating group) is 1. The molecule has 0 radical (unpaired) electrons. The molecule has 118 valence electrons. The molecule has 4 nitrogen and oxygen atoms in total. The maximum absolute atomic E-state index is 5.89. The van der Waals surface area contributed by atoms with Crippen LogP contribution in [0.25, 0.3) is 0 Å². The Bertz CT molecular complexity index is 621. The molecule has 2 heterocycles. The van der Waals surface area contributed by atoms with E-state index in [1.165, 1.54) is 11.1 Å². The fourth-order valence-electron chi connectivity index (χ4n) is 1.93. The van der Waals surface area contributed by atoms with Crippen LogP contribution in [0.2, 0.25) is 0 Å². The maximum atomic E-state index is 5.89. The van der Waals surface area contributed by atoms with E-state index in [0.29, 0.717) is 5.76 Å². The Balaban J connectivity index is 0.000000775. The topological polar surface area (TPSA) is 30.9 Å². The summed E-state index contributed by atoms with van der Waals surface area (Å²) in [7, 11) is 1.92. The summed E-state index contributed by atoms with van der Waals surface area (Å²) in [6, 6.07) is 3.96. The molecule has 1 aromatic carbocycles. The van der Waals surface area contributed by atoms with Gasteiger partial charge in [0.2, 0.25) is 0 Å². The summed E-state index contributed by atoms with van der Waals surface area (Å²) in [4.78, 5) is 1.91. The van der Waals surface area contributed by atoms with Gasteiger partial charge in [-0.3, -0.25) is 0 Å². The SMILES string of the molecule is CC.Cc1cc2c(cc1C)OC(C1=COC=CN1C)=CO2.[W]. The molecular formula is C17H21NO3W. The van der Waals surface area contributed by atoms with Crippen molar-refractivity contribution < 1.29 is 35.3 Å². The Labute approximate surface area is 146 Å². The van der Waals surface area contributed by atoms with Crippen LogP contribution in [0.15, 0.2) is 48.6 Å². The van der Waals surface area contributed by atoms with Gasteiger partial charge < -0.3 is 19.1 Å². The fourth-order valence-corrected chi connectivity index (χ4v) is 1.93. The molecular weight excluding hydrogens is 450 g/mol. The number of hydrogen-bond acceptors (Lipinski definition) is 4. The molecule has 0 atom stereocenters. The van der Waals surface area contributed by atoms with Crippen molar-refractivity contribution in [2.75, 3.05) is 7.05 Å². The third kappa shape index (κ3) is 3.75. The molecule has 0 amide bonds. The first kappa shape index (κ1) is 18.4. The van der Waals surface area contributed by atoms with Crippen LogP contribution in [-0.2, 0) is 25.8 Å². The first-order valence-corrected chi connectivity index (χ1v) is 7.06. The van der Waals surface area contributed by atoms with Crippen LogP contribution in [-0.4, -0.2) is 11.9 Å². The molecule has 3 rings (SSSR count). The quantitative estimate of drug-likeness (QED) is 0.615.